The lowest BCUT2D eigenvalue weighted by Gasteiger charge is -2.28. The molecule has 5 nitrogen and oxygen atoms in total. The molecule has 2 amide bonds. The summed E-state index contributed by atoms with van der Waals surface area (Å²) in [5.74, 6) is 0.0492. The van der Waals surface area contributed by atoms with Gasteiger partial charge in [-0.15, -0.1) is 0 Å². The molecule has 2 aliphatic rings. The Kier molecular flexibility index (Phi) is 5.51. The zero-order chi connectivity index (χ0) is 19.6. The topological polar surface area (TPSA) is 58.6 Å². The minimum absolute atomic E-state index is 0.0112. The van der Waals surface area contributed by atoms with E-state index in [0.717, 1.165) is 18.4 Å². The number of hydrogen-bond acceptors (Lipinski definition) is 4. The molecular weight excluding hydrogens is 372 g/mol. The Morgan fingerprint density at radius 3 is 2.71 bits per heavy atom. The first-order valence-corrected chi connectivity index (χ1v) is 10.8. The van der Waals surface area contributed by atoms with E-state index in [1.807, 2.05) is 4.90 Å². The van der Waals surface area contributed by atoms with Crippen LogP contribution in [0.25, 0.3) is 11.1 Å². The Balaban J connectivity index is 1.50. The number of ether oxygens (including phenoxy) is 1. The van der Waals surface area contributed by atoms with Crippen molar-refractivity contribution in [1.82, 2.24) is 10.2 Å². The molecular formula is C22H26N2O3S. The molecule has 0 spiro atoms. The van der Waals surface area contributed by atoms with Crippen molar-refractivity contribution >= 4 is 23.2 Å². The van der Waals surface area contributed by atoms with Crippen LogP contribution in [-0.2, 0) is 20.7 Å². The average molecular weight is 399 g/mol. The molecule has 1 aromatic heterocycles. The summed E-state index contributed by atoms with van der Waals surface area (Å²) >= 11 is 1.68. The van der Waals surface area contributed by atoms with E-state index in [-0.39, 0.29) is 17.9 Å². The summed E-state index contributed by atoms with van der Waals surface area (Å²) in [7, 11) is 1.67. The van der Waals surface area contributed by atoms with Crippen LogP contribution >= 0.6 is 11.3 Å². The minimum atomic E-state index is -0.576. The fourth-order valence-electron chi connectivity index (χ4n) is 4.35. The van der Waals surface area contributed by atoms with Crippen LogP contribution in [0.3, 0.4) is 0 Å². The summed E-state index contributed by atoms with van der Waals surface area (Å²) in [5, 5.41) is 7.03. The van der Waals surface area contributed by atoms with Crippen LogP contribution in [0, 0.1) is 5.41 Å². The van der Waals surface area contributed by atoms with Gasteiger partial charge in [-0.3, -0.25) is 9.59 Å². The molecule has 2 fully saturated rings. The van der Waals surface area contributed by atoms with Crippen LogP contribution < -0.4 is 5.32 Å². The molecule has 1 aromatic carbocycles. The van der Waals surface area contributed by atoms with Crippen molar-refractivity contribution in [3.63, 3.8) is 0 Å². The first-order valence-electron chi connectivity index (χ1n) is 9.85. The third kappa shape index (κ3) is 3.71. The predicted molar refractivity (Wildman–Crippen MR) is 110 cm³/mol. The lowest BCUT2D eigenvalue weighted by molar-refractivity contribution is -0.140. The molecule has 1 N–H and O–H groups in total. The first-order chi connectivity index (χ1) is 13.6. The number of nitrogens with one attached hydrogen (secondary N) is 1. The van der Waals surface area contributed by atoms with E-state index in [4.69, 9.17) is 4.74 Å². The van der Waals surface area contributed by atoms with E-state index in [1.165, 1.54) is 11.1 Å². The minimum Gasteiger partial charge on any atom is -0.368 e. The highest BCUT2D eigenvalue weighted by atomic mass is 32.1. The molecule has 6 heteroatoms. The summed E-state index contributed by atoms with van der Waals surface area (Å²) in [6.45, 7) is 1.72. The number of likely N-dealkylation sites (tertiary alicyclic amines) is 1. The second-order valence-electron chi connectivity index (χ2n) is 7.76. The van der Waals surface area contributed by atoms with Crippen molar-refractivity contribution in [2.45, 2.75) is 31.8 Å². The smallest absolute Gasteiger partial charge is 0.251 e. The van der Waals surface area contributed by atoms with E-state index in [0.29, 0.717) is 32.5 Å². The average Bonchev–Trinajstić information content (AvgIpc) is 3.49. The Hall–Kier alpha value is -2.18. The number of benzene rings is 1. The quantitative estimate of drug-likeness (QED) is 0.842. The molecule has 2 saturated heterocycles. The van der Waals surface area contributed by atoms with Crippen LogP contribution in [0.2, 0.25) is 0 Å². The maximum absolute atomic E-state index is 12.8. The molecule has 0 saturated carbocycles. The van der Waals surface area contributed by atoms with E-state index in [9.17, 15) is 9.59 Å². The standard InChI is InChI=1S/C22H26N2O3S/c1-23-21(26)22(9-10-24(15-22)20(25)19-3-2-11-27-19)13-16-4-6-17(7-5-16)18-8-12-28-14-18/h4-8,12,14,19H,2-3,9-11,13,15H2,1H3,(H,23,26)/t19-,22+/m1/s1. The van der Waals surface area contributed by atoms with Crippen molar-refractivity contribution in [1.29, 1.82) is 0 Å². The molecule has 4 rings (SSSR count). The van der Waals surface area contributed by atoms with Crippen LogP contribution in [0.1, 0.15) is 24.8 Å². The van der Waals surface area contributed by atoms with E-state index >= 15 is 0 Å². The van der Waals surface area contributed by atoms with Gasteiger partial charge in [-0.05, 0) is 59.2 Å². The molecule has 148 valence electrons. The number of amides is 2. The molecule has 0 bridgehead atoms. The third-order valence-corrected chi connectivity index (χ3v) is 6.61. The highest BCUT2D eigenvalue weighted by molar-refractivity contribution is 7.08. The Labute approximate surface area is 169 Å². The lowest BCUT2D eigenvalue weighted by Crippen LogP contribution is -2.45. The van der Waals surface area contributed by atoms with Crippen LogP contribution in [0.15, 0.2) is 41.1 Å². The van der Waals surface area contributed by atoms with Crippen LogP contribution in [0.5, 0.6) is 0 Å². The number of rotatable bonds is 5. The zero-order valence-corrected chi connectivity index (χ0v) is 17.0. The summed E-state index contributed by atoms with van der Waals surface area (Å²) in [6, 6.07) is 10.5. The fourth-order valence-corrected chi connectivity index (χ4v) is 5.01. The van der Waals surface area contributed by atoms with Crippen molar-refractivity contribution < 1.29 is 14.3 Å². The number of carbonyl (C=O) groups is 2. The normalized spacial score (nSPS) is 24.5. The van der Waals surface area contributed by atoms with Crippen molar-refractivity contribution in [3.05, 3.63) is 46.7 Å². The Morgan fingerprint density at radius 1 is 1.25 bits per heavy atom. The number of thiophene rings is 1. The van der Waals surface area contributed by atoms with Crippen molar-refractivity contribution in [2.75, 3.05) is 26.7 Å². The van der Waals surface area contributed by atoms with Gasteiger partial charge in [0, 0.05) is 26.7 Å². The van der Waals surface area contributed by atoms with Gasteiger partial charge in [0.05, 0.1) is 5.41 Å². The highest BCUT2D eigenvalue weighted by Gasteiger charge is 2.46. The largest absolute Gasteiger partial charge is 0.368 e. The number of carbonyl (C=O) groups excluding carboxylic acids is 2. The molecule has 3 heterocycles. The Bertz CT molecular complexity index is 828. The van der Waals surface area contributed by atoms with Gasteiger partial charge < -0.3 is 15.0 Å². The molecule has 28 heavy (non-hydrogen) atoms. The lowest BCUT2D eigenvalue weighted by atomic mass is 9.79. The molecule has 2 aliphatic heterocycles. The summed E-state index contributed by atoms with van der Waals surface area (Å²) in [6.07, 6.45) is 2.70. The van der Waals surface area contributed by atoms with Crippen LogP contribution in [0.4, 0.5) is 0 Å². The predicted octanol–water partition coefficient (Wildman–Crippen LogP) is 3.10. The van der Waals surface area contributed by atoms with E-state index < -0.39 is 5.41 Å². The van der Waals surface area contributed by atoms with E-state index in [1.54, 1.807) is 18.4 Å². The molecule has 0 radical (unpaired) electrons. The zero-order valence-electron chi connectivity index (χ0n) is 16.1. The monoisotopic (exact) mass is 398 g/mol. The van der Waals surface area contributed by atoms with Gasteiger partial charge in [0.25, 0.3) is 5.91 Å². The van der Waals surface area contributed by atoms with Gasteiger partial charge in [-0.2, -0.15) is 11.3 Å². The second-order valence-corrected chi connectivity index (χ2v) is 8.54. The van der Waals surface area contributed by atoms with Gasteiger partial charge >= 0.3 is 0 Å². The van der Waals surface area contributed by atoms with Gasteiger partial charge in [0.1, 0.15) is 6.10 Å². The SMILES string of the molecule is CNC(=O)[C@]1(Cc2ccc(-c3ccsc3)cc2)CCN(C(=O)[C@H]2CCCO2)C1. The maximum atomic E-state index is 12.8. The molecule has 2 aromatic rings. The molecule has 0 aliphatic carbocycles. The van der Waals surface area contributed by atoms with Gasteiger partial charge in [0.2, 0.25) is 5.91 Å². The first kappa shape index (κ1) is 19.2. The van der Waals surface area contributed by atoms with Gasteiger partial charge in [-0.1, -0.05) is 24.3 Å². The number of hydrogen-bond donors (Lipinski definition) is 1. The van der Waals surface area contributed by atoms with Crippen molar-refractivity contribution in [2.24, 2.45) is 5.41 Å². The summed E-state index contributed by atoms with van der Waals surface area (Å²) < 4.78 is 5.56. The summed E-state index contributed by atoms with van der Waals surface area (Å²) in [4.78, 5) is 27.4. The van der Waals surface area contributed by atoms with E-state index in [2.05, 4.69) is 46.4 Å². The number of nitrogens with zero attached hydrogens (tertiary/aromatic N) is 1. The summed E-state index contributed by atoms with van der Waals surface area (Å²) in [5.41, 5.74) is 2.94. The molecule has 0 unspecified atom stereocenters. The maximum Gasteiger partial charge on any atom is 0.251 e. The second kappa shape index (κ2) is 8.05. The third-order valence-electron chi connectivity index (χ3n) is 5.93. The van der Waals surface area contributed by atoms with Crippen LogP contribution in [-0.4, -0.2) is 49.6 Å². The highest BCUT2D eigenvalue weighted by Crippen LogP contribution is 2.36. The van der Waals surface area contributed by atoms with Gasteiger partial charge in [0.15, 0.2) is 0 Å². The molecule has 2 atom stereocenters. The fraction of sp³-hybridized carbons (Fsp3) is 0.455. The Morgan fingerprint density at radius 2 is 2.07 bits per heavy atom. The van der Waals surface area contributed by atoms with Crippen molar-refractivity contribution in [3.8, 4) is 11.1 Å². The van der Waals surface area contributed by atoms with Gasteiger partial charge in [-0.25, -0.2) is 0 Å².